The molecule has 1 fully saturated rings. The minimum atomic E-state index is -0.442. The summed E-state index contributed by atoms with van der Waals surface area (Å²) in [6, 6.07) is 11.2. The van der Waals surface area contributed by atoms with Crippen molar-refractivity contribution in [1.82, 2.24) is 14.9 Å². The second kappa shape index (κ2) is 8.28. The van der Waals surface area contributed by atoms with Gasteiger partial charge in [-0.3, -0.25) is 9.69 Å². The number of rotatable bonds is 4. The largest absolute Gasteiger partial charge is 0.465 e. The molecule has 1 N–H and O–H groups in total. The van der Waals surface area contributed by atoms with E-state index in [1.54, 1.807) is 18.2 Å². The van der Waals surface area contributed by atoms with Crippen LogP contribution in [0.15, 0.2) is 41.2 Å². The lowest BCUT2D eigenvalue weighted by atomic mass is 10.1. The van der Waals surface area contributed by atoms with Gasteiger partial charge in [0, 0.05) is 31.9 Å². The van der Waals surface area contributed by atoms with Crippen molar-refractivity contribution in [3.63, 3.8) is 0 Å². The molecule has 4 rings (SSSR count). The van der Waals surface area contributed by atoms with Gasteiger partial charge < -0.3 is 14.6 Å². The Morgan fingerprint density at radius 3 is 2.63 bits per heavy atom. The van der Waals surface area contributed by atoms with Crippen molar-refractivity contribution in [3.05, 3.63) is 69.3 Å². The number of aromatic amines is 1. The van der Waals surface area contributed by atoms with Gasteiger partial charge in [-0.25, -0.2) is 9.78 Å². The molecule has 1 aliphatic heterocycles. The van der Waals surface area contributed by atoms with E-state index in [0.29, 0.717) is 28.8 Å². The maximum atomic E-state index is 12.5. The van der Waals surface area contributed by atoms with Crippen LogP contribution in [0.4, 0.5) is 5.69 Å². The van der Waals surface area contributed by atoms with Crippen LogP contribution in [0.25, 0.3) is 10.9 Å². The number of hydrogen-bond acceptors (Lipinski definition) is 6. The summed E-state index contributed by atoms with van der Waals surface area (Å²) >= 11 is 0. The zero-order valence-electron chi connectivity index (χ0n) is 17.6. The Kier molecular flexibility index (Phi) is 5.55. The third kappa shape index (κ3) is 3.93. The van der Waals surface area contributed by atoms with Crippen molar-refractivity contribution in [2.24, 2.45) is 0 Å². The Hall–Kier alpha value is -3.19. The smallest absolute Gasteiger partial charge is 0.337 e. The molecule has 0 bridgehead atoms. The highest BCUT2D eigenvalue weighted by atomic mass is 16.5. The average molecular weight is 406 g/mol. The summed E-state index contributed by atoms with van der Waals surface area (Å²) in [4.78, 5) is 36.4. The van der Waals surface area contributed by atoms with Crippen LogP contribution in [0, 0.1) is 13.8 Å². The van der Waals surface area contributed by atoms with Crippen LogP contribution in [-0.2, 0) is 11.3 Å². The number of nitrogens with one attached hydrogen (secondary N) is 1. The summed E-state index contributed by atoms with van der Waals surface area (Å²) in [5, 5.41) is 0.464. The number of benzene rings is 2. The lowest BCUT2D eigenvalue weighted by Gasteiger charge is -2.36. The number of methoxy groups -OCH3 is 1. The first-order valence-corrected chi connectivity index (χ1v) is 10.1. The van der Waals surface area contributed by atoms with E-state index in [4.69, 9.17) is 4.74 Å². The fourth-order valence-corrected chi connectivity index (χ4v) is 3.94. The molecule has 0 saturated carbocycles. The number of nitrogens with zero attached hydrogens (tertiary/aromatic N) is 3. The number of carbonyl (C=O) groups excluding carboxylic acids is 1. The second-order valence-electron chi connectivity index (χ2n) is 7.72. The van der Waals surface area contributed by atoms with Crippen LogP contribution in [0.2, 0.25) is 0 Å². The van der Waals surface area contributed by atoms with Gasteiger partial charge in [0.15, 0.2) is 0 Å². The van der Waals surface area contributed by atoms with E-state index in [0.717, 1.165) is 26.2 Å². The number of H-pyrrole nitrogens is 1. The van der Waals surface area contributed by atoms with E-state index in [-0.39, 0.29) is 5.56 Å². The van der Waals surface area contributed by atoms with Crippen LogP contribution in [0.1, 0.15) is 27.3 Å². The Bertz CT molecular complexity index is 1150. The molecule has 1 aromatic heterocycles. The third-order valence-corrected chi connectivity index (χ3v) is 5.84. The molecule has 0 atom stereocenters. The van der Waals surface area contributed by atoms with Crippen LogP contribution in [-0.4, -0.2) is 54.1 Å². The molecule has 2 heterocycles. The summed E-state index contributed by atoms with van der Waals surface area (Å²) in [5.74, 6) is 0.165. The minimum Gasteiger partial charge on any atom is -0.465 e. The number of piperazine rings is 1. The standard InChI is InChI=1S/C23H26N4O3/c1-15-5-4-6-20(16(15)2)27-11-9-26(10-12-27)14-21-24-19-13-17(23(29)30-3)7-8-18(19)22(28)25-21/h4-8,13H,9-12,14H2,1-3H3,(H,24,25,28). The van der Waals surface area contributed by atoms with Gasteiger partial charge in [-0.05, 0) is 49.2 Å². The van der Waals surface area contributed by atoms with Gasteiger partial charge in [0.25, 0.3) is 5.56 Å². The topological polar surface area (TPSA) is 78.5 Å². The Labute approximate surface area is 175 Å². The molecule has 0 radical (unpaired) electrons. The number of ether oxygens (including phenoxy) is 1. The maximum absolute atomic E-state index is 12.5. The highest BCUT2D eigenvalue weighted by Gasteiger charge is 2.20. The minimum absolute atomic E-state index is 0.194. The first-order valence-electron chi connectivity index (χ1n) is 10.1. The summed E-state index contributed by atoms with van der Waals surface area (Å²) < 4.78 is 4.76. The number of anilines is 1. The molecule has 0 amide bonds. The van der Waals surface area contributed by atoms with E-state index in [1.165, 1.54) is 23.9 Å². The molecular formula is C23H26N4O3. The summed E-state index contributed by atoms with van der Waals surface area (Å²) in [6.07, 6.45) is 0. The van der Waals surface area contributed by atoms with Gasteiger partial charge in [-0.1, -0.05) is 12.1 Å². The summed E-state index contributed by atoms with van der Waals surface area (Å²) in [7, 11) is 1.33. The molecule has 7 nitrogen and oxygen atoms in total. The number of carbonyl (C=O) groups is 1. The fraction of sp³-hybridized carbons (Fsp3) is 0.348. The Morgan fingerprint density at radius 2 is 1.90 bits per heavy atom. The Balaban J connectivity index is 1.49. The molecule has 2 aromatic carbocycles. The van der Waals surface area contributed by atoms with Crippen LogP contribution >= 0.6 is 0 Å². The van der Waals surface area contributed by atoms with Gasteiger partial charge in [0.05, 0.1) is 30.1 Å². The Morgan fingerprint density at radius 1 is 1.13 bits per heavy atom. The number of aryl methyl sites for hydroxylation is 1. The fourth-order valence-electron chi connectivity index (χ4n) is 3.94. The van der Waals surface area contributed by atoms with E-state index in [1.807, 2.05) is 0 Å². The van der Waals surface area contributed by atoms with Crippen molar-refractivity contribution in [2.75, 3.05) is 38.2 Å². The zero-order chi connectivity index (χ0) is 21.3. The van der Waals surface area contributed by atoms with E-state index < -0.39 is 5.97 Å². The van der Waals surface area contributed by atoms with Crippen molar-refractivity contribution in [2.45, 2.75) is 20.4 Å². The SMILES string of the molecule is COC(=O)c1ccc2c(=O)[nH]c(CN3CCN(c4cccc(C)c4C)CC3)nc2c1. The van der Waals surface area contributed by atoms with Gasteiger partial charge >= 0.3 is 5.97 Å². The zero-order valence-corrected chi connectivity index (χ0v) is 17.6. The molecule has 1 saturated heterocycles. The molecule has 1 aliphatic rings. The first-order chi connectivity index (χ1) is 14.5. The highest BCUT2D eigenvalue weighted by Crippen LogP contribution is 2.24. The quantitative estimate of drug-likeness (QED) is 0.671. The van der Waals surface area contributed by atoms with Crippen LogP contribution in [0.3, 0.4) is 0 Å². The molecule has 0 spiro atoms. The van der Waals surface area contributed by atoms with Gasteiger partial charge in [0.2, 0.25) is 0 Å². The molecule has 0 aliphatic carbocycles. The van der Waals surface area contributed by atoms with E-state index in [2.05, 4.69) is 51.8 Å². The molecule has 0 unspecified atom stereocenters. The van der Waals surface area contributed by atoms with Gasteiger partial charge in [0.1, 0.15) is 5.82 Å². The number of hydrogen-bond donors (Lipinski definition) is 1. The molecule has 30 heavy (non-hydrogen) atoms. The summed E-state index contributed by atoms with van der Waals surface area (Å²) in [6.45, 7) is 8.50. The van der Waals surface area contributed by atoms with Crippen molar-refractivity contribution in [1.29, 1.82) is 0 Å². The maximum Gasteiger partial charge on any atom is 0.337 e. The predicted octanol–water partition coefficient (Wildman–Crippen LogP) is 2.65. The van der Waals surface area contributed by atoms with Crippen LogP contribution < -0.4 is 10.5 Å². The number of esters is 1. The van der Waals surface area contributed by atoms with Crippen molar-refractivity contribution < 1.29 is 9.53 Å². The normalized spacial score (nSPS) is 14.8. The lowest BCUT2D eigenvalue weighted by Crippen LogP contribution is -2.46. The summed E-state index contributed by atoms with van der Waals surface area (Å²) in [5.41, 5.74) is 4.62. The van der Waals surface area contributed by atoms with Gasteiger partial charge in [-0.15, -0.1) is 0 Å². The molecular weight excluding hydrogens is 380 g/mol. The van der Waals surface area contributed by atoms with E-state index >= 15 is 0 Å². The van der Waals surface area contributed by atoms with Crippen molar-refractivity contribution in [3.8, 4) is 0 Å². The highest BCUT2D eigenvalue weighted by molar-refractivity contribution is 5.93. The molecule has 3 aromatic rings. The number of fused-ring (bicyclic) bond motifs is 1. The predicted molar refractivity (Wildman–Crippen MR) is 117 cm³/mol. The van der Waals surface area contributed by atoms with Crippen molar-refractivity contribution >= 4 is 22.6 Å². The molecule has 7 heteroatoms. The lowest BCUT2D eigenvalue weighted by molar-refractivity contribution is 0.0601. The average Bonchev–Trinajstić information content (AvgIpc) is 2.75. The van der Waals surface area contributed by atoms with E-state index in [9.17, 15) is 9.59 Å². The molecule has 156 valence electrons. The monoisotopic (exact) mass is 406 g/mol. The number of aromatic nitrogens is 2. The first kappa shape index (κ1) is 20.1. The van der Waals surface area contributed by atoms with Gasteiger partial charge in [-0.2, -0.15) is 0 Å². The third-order valence-electron chi connectivity index (χ3n) is 5.84. The second-order valence-corrected chi connectivity index (χ2v) is 7.72. The van der Waals surface area contributed by atoms with Crippen LogP contribution in [0.5, 0.6) is 0 Å².